The van der Waals surface area contributed by atoms with Gasteiger partial charge in [-0.2, -0.15) is 26.3 Å². The number of rotatable bonds is 3. The van der Waals surface area contributed by atoms with Crippen LogP contribution in [-0.2, 0) is 0 Å². The highest BCUT2D eigenvalue weighted by atomic mass is 19.4. The zero-order valence-electron chi connectivity index (χ0n) is 11.0. The molecule has 1 saturated carbocycles. The molecular weight excluding hydrogens is 288 g/mol. The molecule has 1 aliphatic carbocycles. The largest absolute Gasteiger partial charge is 0.426 e. The van der Waals surface area contributed by atoms with Gasteiger partial charge < -0.3 is 5.11 Å². The van der Waals surface area contributed by atoms with Crippen LogP contribution in [0.2, 0.25) is 0 Å². The Kier molecular flexibility index (Phi) is 5.10. The first-order valence-electron chi connectivity index (χ1n) is 6.36. The quantitative estimate of drug-likeness (QED) is 0.620. The van der Waals surface area contributed by atoms with E-state index in [-0.39, 0.29) is 11.8 Å². The van der Waals surface area contributed by atoms with Crippen LogP contribution in [0.1, 0.15) is 45.4 Å². The maximum atomic E-state index is 12.5. The molecule has 0 aliphatic heterocycles. The molecule has 1 rings (SSSR count). The van der Waals surface area contributed by atoms with E-state index in [4.69, 9.17) is 5.11 Å². The summed E-state index contributed by atoms with van der Waals surface area (Å²) in [5.41, 5.74) is -5.06. The molecule has 0 amide bonds. The van der Waals surface area contributed by atoms with Crippen molar-refractivity contribution in [3.8, 4) is 0 Å². The van der Waals surface area contributed by atoms with E-state index in [1.807, 2.05) is 0 Å². The second kappa shape index (κ2) is 5.91. The molecular formula is C12H17F6NO. The number of aliphatic imine (C=N–C) groups is 1. The Morgan fingerprint density at radius 1 is 1.00 bits per heavy atom. The molecule has 2 nitrogen and oxygen atoms in total. The summed E-state index contributed by atoms with van der Waals surface area (Å²) < 4.78 is 75.1. The highest BCUT2D eigenvalue weighted by molar-refractivity contribution is 5.83. The minimum Gasteiger partial charge on any atom is -0.373 e. The second-order valence-electron chi connectivity index (χ2n) is 5.19. The van der Waals surface area contributed by atoms with Crippen LogP contribution in [-0.4, -0.2) is 34.8 Å². The van der Waals surface area contributed by atoms with E-state index in [0.29, 0.717) is 12.8 Å². The van der Waals surface area contributed by atoms with Crippen LogP contribution < -0.4 is 0 Å². The molecule has 8 heteroatoms. The van der Waals surface area contributed by atoms with Crippen LogP contribution in [0.3, 0.4) is 0 Å². The summed E-state index contributed by atoms with van der Waals surface area (Å²) in [6.07, 6.45) is -9.09. The van der Waals surface area contributed by atoms with Crippen LogP contribution in [0.15, 0.2) is 4.99 Å². The van der Waals surface area contributed by atoms with E-state index >= 15 is 0 Å². The van der Waals surface area contributed by atoms with Gasteiger partial charge in [0.1, 0.15) is 0 Å². The molecule has 0 heterocycles. The molecule has 118 valence electrons. The molecule has 0 aromatic rings. The summed E-state index contributed by atoms with van der Waals surface area (Å²) in [4.78, 5) is 3.90. The van der Waals surface area contributed by atoms with Crippen molar-refractivity contribution in [3.63, 3.8) is 0 Å². The molecule has 0 aromatic heterocycles. The Morgan fingerprint density at radius 3 is 1.85 bits per heavy atom. The van der Waals surface area contributed by atoms with Crippen LogP contribution in [0.4, 0.5) is 26.3 Å². The monoisotopic (exact) mass is 305 g/mol. The fourth-order valence-corrected chi connectivity index (χ4v) is 2.30. The van der Waals surface area contributed by atoms with Gasteiger partial charge in [-0.05, 0) is 19.8 Å². The molecule has 1 fully saturated rings. The van der Waals surface area contributed by atoms with Crippen molar-refractivity contribution in [3.05, 3.63) is 0 Å². The van der Waals surface area contributed by atoms with Gasteiger partial charge in [0.15, 0.2) is 0 Å². The average Bonchev–Trinajstić information content (AvgIpc) is 2.26. The molecule has 1 aliphatic rings. The first-order valence-corrected chi connectivity index (χ1v) is 6.36. The van der Waals surface area contributed by atoms with Crippen molar-refractivity contribution in [1.82, 2.24) is 0 Å². The fourth-order valence-electron chi connectivity index (χ4n) is 2.30. The number of hydrogen-bond acceptors (Lipinski definition) is 2. The Labute approximate surface area is 112 Å². The third-order valence-corrected chi connectivity index (χ3v) is 3.43. The van der Waals surface area contributed by atoms with E-state index in [1.54, 1.807) is 0 Å². The average molecular weight is 305 g/mol. The van der Waals surface area contributed by atoms with E-state index in [9.17, 15) is 26.3 Å². The predicted octanol–water partition coefficient (Wildman–Crippen LogP) is 4.03. The van der Waals surface area contributed by atoms with Gasteiger partial charge in [-0.15, -0.1) is 0 Å². The van der Waals surface area contributed by atoms with Gasteiger partial charge in [0.25, 0.3) is 5.60 Å². The summed E-state index contributed by atoms with van der Waals surface area (Å²) in [6, 6.07) is -0.241. The minimum atomic E-state index is -5.78. The molecule has 0 unspecified atom stereocenters. The molecule has 0 saturated heterocycles. The van der Waals surface area contributed by atoms with Crippen molar-refractivity contribution in [1.29, 1.82) is 0 Å². The van der Waals surface area contributed by atoms with Crippen LogP contribution in [0.5, 0.6) is 0 Å². The highest BCUT2D eigenvalue weighted by Gasteiger charge is 2.70. The van der Waals surface area contributed by atoms with E-state index in [2.05, 4.69) is 4.99 Å². The maximum absolute atomic E-state index is 12.5. The SMILES string of the molecule is CC(CC(O)(C(F)(F)F)C(F)(F)F)=NC1CCCCC1. The van der Waals surface area contributed by atoms with Gasteiger partial charge in [-0.1, -0.05) is 19.3 Å². The van der Waals surface area contributed by atoms with Crippen molar-refractivity contribution >= 4 is 5.71 Å². The van der Waals surface area contributed by atoms with Gasteiger partial charge in [0.05, 0.1) is 0 Å². The molecule has 1 N–H and O–H groups in total. The summed E-state index contributed by atoms with van der Waals surface area (Å²) in [5, 5.41) is 9.05. The zero-order valence-corrected chi connectivity index (χ0v) is 11.0. The van der Waals surface area contributed by atoms with E-state index in [0.717, 1.165) is 26.2 Å². The lowest BCUT2D eigenvalue weighted by Gasteiger charge is -2.32. The second-order valence-corrected chi connectivity index (χ2v) is 5.19. The molecule has 0 atom stereocenters. The molecule has 0 spiro atoms. The van der Waals surface area contributed by atoms with E-state index < -0.39 is 24.4 Å². The summed E-state index contributed by atoms with van der Waals surface area (Å²) in [7, 11) is 0. The Morgan fingerprint density at radius 2 is 1.45 bits per heavy atom. The first kappa shape index (κ1) is 17.3. The molecule has 0 aromatic carbocycles. The van der Waals surface area contributed by atoms with Gasteiger partial charge in [-0.3, -0.25) is 4.99 Å². The van der Waals surface area contributed by atoms with Gasteiger partial charge in [-0.25, -0.2) is 0 Å². The van der Waals surface area contributed by atoms with Crippen LogP contribution in [0, 0.1) is 0 Å². The smallest absolute Gasteiger partial charge is 0.373 e. The summed E-state index contributed by atoms with van der Waals surface area (Å²) >= 11 is 0. The third-order valence-electron chi connectivity index (χ3n) is 3.43. The normalized spacial score (nSPS) is 20.3. The number of hydrogen-bond donors (Lipinski definition) is 1. The lowest BCUT2D eigenvalue weighted by Crippen LogP contribution is -2.57. The minimum absolute atomic E-state index is 0.241. The Balaban J connectivity index is 2.87. The van der Waals surface area contributed by atoms with Gasteiger partial charge in [0, 0.05) is 18.2 Å². The van der Waals surface area contributed by atoms with Crippen LogP contribution in [0.25, 0.3) is 0 Å². The van der Waals surface area contributed by atoms with Crippen molar-refractivity contribution in [2.24, 2.45) is 4.99 Å². The molecule has 0 bridgehead atoms. The molecule has 0 radical (unpaired) electrons. The third kappa shape index (κ3) is 3.86. The highest BCUT2D eigenvalue weighted by Crippen LogP contribution is 2.45. The maximum Gasteiger partial charge on any atom is 0.426 e. The Hall–Kier alpha value is -0.790. The van der Waals surface area contributed by atoms with E-state index in [1.165, 1.54) is 0 Å². The fraction of sp³-hybridized carbons (Fsp3) is 0.917. The number of alkyl halides is 6. The summed E-state index contributed by atoms with van der Waals surface area (Å²) in [5.74, 6) is 0. The zero-order chi connectivity index (χ0) is 15.6. The first-order chi connectivity index (χ1) is 8.97. The van der Waals surface area contributed by atoms with Gasteiger partial charge >= 0.3 is 12.4 Å². The van der Waals surface area contributed by atoms with Gasteiger partial charge in [0.2, 0.25) is 0 Å². The predicted molar refractivity (Wildman–Crippen MR) is 61.7 cm³/mol. The molecule has 20 heavy (non-hydrogen) atoms. The number of aliphatic hydroxyl groups is 1. The standard InChI is InChI=1S/C12H17F6NO/c1-8(19-9-5-3-2-4-6-9)7-10(20,11(13,14)15)12(16,17)18/h9,20H,2-7H2,1H3. The summed E-state index contributed by atoms with van der Waals surface area (Å²) in [6.45, 7) is 1.09. The Bertz CT molecular complexity index is 340. The van der Waals surface area contributed by atoms with Crippen LogP contribution >= 0.6 is 0 Å². The number of nitrogens with zero attached hydrogens (tertiary/aromatic N) is 1. The lowest BCUT2D eigenvalue weighted by molar-refractivity contribution is -0.365. The van der Waals surface area contributed by atoms with Crippen molar-refractivity contribution in [2.45, 2.75) is 69.4 Å². The van der Waals surface area contributed by atoms with Crippen molar-refractivity contribution in [2.75, 3.05) is 0 Å². The van der Waals surface area contributed by atoms with Crippen molar-refractivity contribution < 1.29 is 31.4 Å². The lowest BCUT2D eigenvalue weighted by atomic mass is 9.93. The number of halogens is 6. The topological polar surface area (TPSA) is 32.6 Å².